The van der Waals surface area contributed by atoms with Crippen LogP contribution in [0.2, 0.25) is 5.15 Å². The summed E-state index contributed by atoms with van der Waals surface area (Å²) in [6.07, 6.45) is 1.84. The maximum absolute atomic E-state index is 12.0. The molecule has 1 N–H and O–H groups in total. The molecule has 7 nitrogen and oxygen atoms in total. The quantitative estimate of drug-likeness (QED) is 0.640. The Bertz CT molecular complexity index is 834. The van der Waals surface area contributed by atoms with Crippen LogP contribution in [0.4, 0.5) is 0 Å². The van der Waals surface area contributed by atoms with Gasteiger partial charge in [0.15, 0.2) is 9.84 Å². The van der Waals surface area contributed by atoms with Gasteiger partial charge in [-0.2, -0.15) is 10.4 Å². The van der Waals surface area contributed by atoms with Crippen molar-refractivity contribution >= 4 is 33.4 Å². The van der Waals surface area contributed by atoms with Crippen LogP contribution in [0.1, 0.15) is 37.6 Å². The number of aryl methyl sites for hydroxylation is 1. The maximum atomic E-state index is 12.0. The van der Waals surface area contributed by atoms with Crippen LogP contribution in [0.5, 0.6) is 0 Å². The van der Waals surface area contributed by atoms with Gasteiger partial charge in [-0.05, 0) is 33.3 Å². The third-order valence-electron chi connectivity index (χ3n) is 3.70. The lowest BCUT2D eigenvalue weighted by Crippen LogP contribution is -2.30. The number of nitrogens with one attached hydrogen (secondary N) is 1. The number of amides is 1. The molecule has 1 atom stereocenters. The van der Waals surface area contributed by atoms with Crippen molar-refractivity contribution in [1.82, 2.24) is 15.1 Å². The SMILES string of the molecule is Cc1nn([C@H]2CCS(=O)(=O)C2)c(Cl)c1/C=C(\C#N)C(=O)NC(C)C. The Morgan fingerprint density at radius 3 is 2.71 bits per heavy atom. The summed E-state index contributed by atoms with van der Waals surface area (Å²) in [6.45, 7) is 5.29. The Balaban J connectivity index is 2.37. The Morgan fingerprint density at radius 1 is 1.54 bits per heavy atom. The lowest BCUT2D eigenvalue weighted by atomic mass is 10.1. The van der Waals surface area contributed by atoms with Crippen LogP contribution in [0.3, 0.4) is 0 Å². The number of rotatable bonds is 4. The van der Waals surface area contributed by atoms with E-state index in [1.54, 1.807) is 20.8 Å². The minimum atomic E-state index is -3.07. The monoisotopic (exact) mass is 370 g/mol. The number of halogens is 1. The lowest BCUT2D eigenvalue weighted by molar-refractivity contribution is -0.117. The van der Waals surface area contributed by atoms with E-state index in [0.29, 0.717) is 17.7 Å². The molecule has 0 spiro atoms. The second-order valence-electron chi connectivity index (χ2n) is 6.09. The van der Waals surface area contributed by atoms with Crippen molar-refractivity contribution in [2.75, 3.05) is 11.5 Å². The van der Waals surface area contributed by atoms with Gasteiger partial charge < -0.3 is 5.32 Å². The summed E-state index contributed by atoms with van der Waals surface area (Å²) in [5.41, 5.74) is 0.915. The second kappa shape index (κ2) is 6.95. The second-order valence-corrected chi connectivity index (χ2v) is 8.68. The molecule has 1 aromatic heterocycles. The molecule has 2 rings (SSSR count). The number of carbonyl (C=O) groups excluding carboxylic acids is 1. The predicted molar refractivity (Wildman–Crippen MR) is 91.2 cm³/mol. The van der Waals surface area contributed by atoms with Crippen LogP contribution in [-0.2, 0) is 14.6 Å². The first-order valence-electron chi connectivity index (χ1n) is 7.52. The largest absolute Gasteiger partial charge is 0.349 e. The molecule has 0 radical (unpaired) electrons. The number of aromatic nitrogens is 2. The van der Waals surface area contributed by atoms with Gasteiger partial charge in [0, 0.05) is 11.6 Å². The van der Waals surface area contributed by atoms with Gasteiger partial charge in [-0.1, -0.05) is 11.6 Å². The van der Waals surface area contributed by atoms with E-state index < -0.39 is 15.7 Å². The van der Waals surface area contributed by atoms with Gasteiger partial charge in [0.1, 0.15) is 16.8 Å². The van der Waals surface area contributed by atoms with E-state index in [9.17, 15) is 18.5 Å². The topological polar surface area (TPSA) is 105 Å². The molecule has 1 aliphatic rings. The van der Waals surface area contributed by atoms with E-state index in [1.807, 2.05) is 6.07 Å². The van der Waals surface area contributed by atoms with Crippen molar-refractivity contribution in [3.05, 3.63) is 22.0 Å². The Morgan fingerprint density at radius 2 is 2.21 bits per heavy atom. The van der Waals surface area contributed by atoms with Crippen molar-refractivity contribution < 1.29 is 13.2 Å². The first-order valence-corrected chi connectivity index (χ1v) is 9.72. The minimum Gasteiger partial charge on any atom is -0.349 e. The third kappa shape index (κ3) is 3.97. The third-order valence-corrected chi connectivity index (χ3v) is 5.83. The van der Waals surface area contributed by atoms with E-state index in [1.165, 1.54) is 10.8 Å². The summed E-state index contributed by atoms with van der Waals surface area (Å²) in [5, 5.41) is 16.4. The molecule has 130 valence electrons. The molecule has 24 heavy (non-hydrogen) atoms. The number of nitrogens with zero attached hydrogens (tertiary/aromatic N) is 3. The molecule has 1 fully saturated rings. The maximum Gasteiger partial charge on any atom is 0.262 e. The summed E-state index contributed by atoms with van der Waals surface area (Å²) < 4.78 is 24.8. The van der Waals surface area contributed by atoms with Gasteiger partial charge in [-0.3, -0.25) is 4.79 Å². The molecule has 9 heteroatoms. The number of hydrogen-bond acceptors (Lipinski definition) is 5. The molecular formula is C15H19ClN4O3S. The van der Waals surface area contributed by atoms with Crippen LogP contribution in [0.15, 0.2) is 5.57 Å². The zero-order valence-corrected chi connectivity index (χ0v) is 15.3. The summed E-state index contributed by atoms with van der Waals surface area (Å²) in [6, 6.07) is 1.44. The summed E-state index contributed by atoms with van der Waals surface area (Å²) in [5.74, 6) is -0.381. The molecule has 1 saturated heterocycles. The number of carbonyl (C=O) groups is 1. The zero-order valence-electron chi connectivity index (χ0n) is 13.7. The van der Waals surface area contributed by atoms with E-state index in [4.69, 9.17) is 11.6 Å². The van der Waals surface area contributed by atoms with E-state index >= 15 is 0 Å². The van der Waals surface area contributed by atoms with Gasteiger partial charge in [0.2, 0.25) is 0 Å². The molecule has 0 bridgehead atoms. The average molecular weight is 371 g/mol. The minimum absolute atomic E-state index is 0.00403. The molecule has 2 heterocycles. The Hall–Kier alpha value is -1.85. The molecule has 1 aromatic rings. The van der Waals surface area contributed by atoms with Crippen LogP contribution in [0, 0.1) is 18.3 Å². The van der Waals surface area contributed by atoms with Crippen LogP contribution >= 0.6 is 11.6 Å². The normalized spacial score (nSPS) is 20.2. The van der Waals surface area contributed by atoms with Crippen molar-refractivity contribution in [2.45, 2.75) is 39.3 Å². The Kier molecular flexibility index (Phi) is 5.35. The summed E-state index contributed by atoms with van der Waals surface area (Å²) >= 11 is 6.33. The Labute approximate surface area is 146 Å². The summed E-state index contributed by atoms with van der Waals surface area (Å²) in [7, 11) is -3.07. The van der Waals surface area contributed by atoms with E-state index in [-0.39, 0.29) is 34.3 Å². The number of sulfone groups is 1. The van der Waals surface area contributed by atoms with E-state index in [0.717, 1.165) is 0 Å². The average Bonchev–Trinajstić information content (AvgIpc) is 2.96. The van der Waals surface area contributed by atoms with Crippen molar-refractivity contribution in [3.8, 4) is 6.07 Å². The highest BCUT2D eigenvalue weighted by molar-refractivity contribution is 7.91. The van der Waals surface area contributed by atoms with Crippen molar-refractivity contribution in [1.29, 1.82) is 5.26 Å². The lowest BCUT2D eigenvalue weighted by Gasteiger charge is -2.09. The van der Waals surface area contributed by atoms with E-state index in [2.05, 4.69) is 10.4 Å². The van der Waals surface area contributed by atoms with Gasteiger partial charge in [-0.15, -0.1) is 0 Å². The predicted octanol–water partition coefficient (Wildman–Crippen LogP) is 1.64. The molecule has 0 aliphatic carbocycles. The van der Waals surface area contributed by atoms with Crippen LogP contribution < -0.4 is 5.32 Å². The number of nitriles is 1. The molecule has 0 aromatic carbocycles. The summed E-state index contributed by atoms with van der Waals surface area (Å²) in [4.78, 5) is 12.0. The molecular weight excluding hydrogens is 352 g/mol. The van der Waals surface area contributed by atoms with Crippen LogP contribution in [0.25, 0.3) is 6.08 Å². The number of hydrogen-bond donors (Lipinski definition) is 1. The smallest absolute Gasteiger partial charge is 0.262 e. The fraction of sp³-hybridized carbons (Fsp3) is 0.533. The highest BCUT2D eigenvalue weighted by atomic mass is 35.5. The first kappa shape index (κ1) is 18.5. The van der Waals surface area contributed by atoms with Gasteiger partial charge in [0.25, 0.3) is 5.91 Å². The molecule has 0 saturated carbocycles. The van der Waals surface area contributed by atoms with Gasteiger partial charge in [-0.25, -0.2) is 13.1 Å². The van der Waals surface area contributed by atoms with Crippen molar-refractivity contribution in [3.63, 3.8) is 0 Å². The molecule has 1 amide bonds. The fourth-order valence-electron chi connectivity index (χ4n) is 2.54. The standard InChI is InChI=1S/C15H19ClN4O3S/c1-9(2)18-15(21)11(7-17)6-13-10(3)19-20(14(13)16)12-4-5-24(22,23)8-12/h6,9,12H,4-5,8H2,1-3H3,(H,18,21)/b11-6+/t12-/m0/s1. The molecule has 0 unspecified atom stereocenters. The fourth-order valence-corrected chi connectivity index (χ4v) is 4.60. The first-order chi connectivity index (χ1) is 11.1. The zero-order chi connectivity index (χ0) is 18.1. The highest BCUT2D eigenvalue weighted by Gasteiger charge is 2.32. The molecule has 1 aliphatic heterocycles. The van der Waals surface area contributed by atoms with Crippen LogP contribution in [-0.4, -0.2) is 41.7 Å². The van der Waals surface area contributed by atoms with Crippen molar-refractivity contribution in [2.24, 2.45) is 0 Å². The van der Waals surface area contributed by atoms with Gasteiger partial charge in [0.05, 0.1) is 23.2 Å². The van der Waals surface area contributed by atoms with Gasteiger partial charge >= 0.3 is 0 Å². The highest BCUT2D eigenvalue weighted by Crippen LogP contribution is 2.30.